The van der Waals surface area contributed by atoms with Gasteiger partial charge in [0.1, 0.15) is 34.5 Å². The molecule has 0 aliphatic heterocycles. The third kappa shape index (κ3) is 16.9. The first kappa shape index (κ1) is 60.8. The van der Waals surface area contributed by atoms with Crippen LogP contribution in [0.4, 0.5) is 17.1 Å². The molecule has 0 saturated carbocycles. The van der Waals surface area contributed by atoms with Crippen LogP contribution in [0.15, 0.2) is 170 Å². The van der Waals surface area contributed by atoms with Crippen molar-refractivity contribution in [2.24, 2.45) is 0 Å². The zero-order valence-electron chi connectivity index (χ0n) is 44.5. The molecule has 0 aliphatic rings. The molecule has 9 aromatic carbocycles. The van der Waals surface area contributed by atoms with Crippen molar-refractivity contribution in [3.05, 3.63) is 244 Å². The van der Waals surface area contributed by atoms with Crippen LogP contribution in [-0.2, 0) is 25.0 Å². The van der Waals surface area contributed by atoms with E-state index < -0.39 is 0 Å². The van der Waals surface area contributed by atoms with Crippen molar-refractivity contribution in [3.63, 3.8) is 0 Å². The molecule has 0 atom stereocenters. The van der Waals surface area contributed by atoms with Crippen molar-refractivity contribution < 1.29 is 29.5 Å². The maximum atomic E-state index is 10.2. The normalized spacial score (nSPS) is 10.9. The number of phenolic OH excluding ortho intramolecular Hbond substituents is 3. The fraction of sp³-hybridized carbons (Fsp3) is 0.156. The monoisotopic (exact) mass is 1210 g/mol. The Morgan fingerprint density at radius 2 is 0.750 bits per heavy atom. The van der Waals surface area contributed by atoms with Crippen molar-refractivity contribution >= 4 is 98.3 Å². The first-order valence-corrected chi connectivity index (χ1v) is 27.7. The summed E-state index contributed by atoms with van der Waals surface area (Å²) in [7, 11) is 0. The average molecular weight is 1210 g/mol. The van der Waals surface area contributed by atoms with Gasteiger partial charge in [-0.25, -0.2) is 0 Å². The molecule has 9 nitrogen and oxygen atoms in total. The lowest BCUT2D eigenvalue weighted by molar-refractivity contribution is 0.476. The van der Waals surface area contributed by atoms with Gasteiger partial charge in [-0.15, -0.1) is 0 Å². The van der Waals surface area contributed by atoms with Gasteiger partial charge in [-0.1, -0.05) is 169 Å². The Kier molecular flexibility index (Phi) is 21.3. The molecule has 0 fully saturated rings. The molecule has 0 heterocycles. The van der Waals surface area contributed by atoms with E-state index in [1.165, 1.54) is 5.56 Å². The zero-order chi connectivity index (χ0) is 57.7. The lowest BCUT2D eigenvalue weighted by atomic mass is 9.87. The Bertz CT molecular complexity index is 3540. The van der Waals surface area contributed by atoms with E-state index in [2.05, 4.69) is 48.9 Å². The molecule has 414 valence electrons. The molecule has 0 aliphatic carbocycles. The Hall–Kier alpha value is -6.79. The number of para-hydroxylation sites is 1. The number of rotatable bonds is 15. The summed E-state index contributed by atoms with van der Waals surface area (Å²) < 4.78 is 17.7. The Balaban J connectivity index is 0.000000174. The van der Waals surface area contributed by atoms with E-state index in [0.717, 1.165) is 45.3 Å². The van der Waals surface area contributed by atoms with Gasteiger partial charge in [-0.3, -0.25) is 0 Å². The number of halogens is 7. The Labute approximate surface area is 502 Å². The van der Waals surface area contributed by atoms with Crippen LogP contribution in [0.5, 0.6) is 51.7 Å². The van der Waals surface area contributed by atoms with E-state index in [4.69, 9.17) is 95.4 Å². The van der Waals surface area contributed by atoms with Gasteiger partial charge in [0.25, 0.3) is 0 Å². The predicted octanol–water partition coefficient (Wildman–Crippen LogP) is 21.2. The zero-order valence-corrected chi connectivity index (χ0v) is 49.8. The highest BCUT2D eigenvalue weighted by atomic mass is 35.5. The SMILES string of the molecule is Cc1c(Cl)cc(Cl)c(O)c1NCc1cccc(Oc2ccc(C(C)(C)C)cc2)c1.Cc1c(Cl)cc(NCc2cccc(Oc3ccc(Cl)cc3)c2)c(O)c1Cl.Cc1c(Cl)cc(NCc2cccc(Oc3ccccc3)c2)c(O)c1Cl. The van der Waals surface area contributed by atoms with Gasteiger partial charge in [0.15, 0.2) is 17.2 Å². The van der Waals surface area contributed by atoms with E-state index in [9.17, 15) is 15.3 Å². The van der Waals surface area contributed by atoms with Gasteiger partial charge in [-0.2, -0.15) is 0 Å². The number of phenols is 3. The lowest BCUT2D eigenvalue weighted by Gasteiger charge is -2.19. The van der Waals surface area contributed by atoms with Gasteiger partial charge >= 0.3 is 0 Å². The van der Waals surface area contributed by atoms with Crippen LogP contribution in [0, 0.1) is 20.8 Å². The number of aromatic hydroxyl groups is 3. The van der Waals surface area contributed by atoms with E-state index in [1.807, 2.05) is 134 Å². The molecule has 0 saturated heterocycles. The van der Waals surface area contributed by atoms with Crippen molar-refractivity contribution in [2.45, 2.75) is 66.6 Å². The maximum absolute atomic E-state index is 10.2. The minimum absolute atomic E-state index is 0.0000840. The highest BCUT2D eigenvalue weighted by Gasteiger charge is 2.17. The molecule has 0 radical (unpaired) electrons. The molecule has 9 aromatic rings. The molecule has 80 heavy (non-hydrogen) atoms. The minimum atomic E-state index is -0.0119. The fourth-order valence-electron chi connectivity index (χ4n) is 7.76. The van der Waals surface area contributed by atoms with Crippen LogP contribution in [0.25, 0.3) is 0 Å². The molecule has 0 spiro atoms. The second-order valence-electron chi connectivity index (χ2n) is 19.4. The quantitative estimate of drug-likeness (QED) is 0.0557. The van der Waals surface area contributed by atoms with E-state index in [0.29, 0.717) is 79.4 Å². The van der Waals surface area contributed by atoms with Gasteiger partial charge in [0.05, 0.1) is 32.1 Å². The van der Waals surface area contributed by atoms with Gasteiger partial charge in [0.2, 0.25) is 0 Å². The van der Waals surface area contributed by atoms with Gasteiger partial charge in [-0.05, 0) is 168 Å². The molecule has 0 bridgehead atoms. The molecule has 16 heteroatoms. The van der Waals surface area contributed by atoms with Crippen LogP contribution >= 0.6 is 81.2 Å². The molecular formula is C64H58Cl7N3O6. The maximum Gasteiger partial charge on any atom is 0.157 e. The number of nitrogens with one attached hydrogen (secondary N) is 3. The summed E-state index contributed by atoms with van der Waals surface area (Å²) in [6, 6.07) is 53.0. The van der Waals surface area contributed by atoms with Gasteiger partial charge in [0, 0.05) is 39.7 Å². The summed E-state index contributed by atoms with van der Waals surface area (Å²) >= 11 is 42.5. The van der Waals surface area contributed by atoms with Crippen LogP contribution < -0.4 is 30.2 Å². The molecular weight excluding hydrogens is 1150 g/mol. The molecule has 9 rings (SSSR count). The summed E-state index contributed by atoms with van der Waals surface area (Å²) in [4.78, 5) is 0. The summed E-state index contributed by atoms with van der Waals surface area (Å²) in [6.07, 6.45) is 0. The van der Waals surface area contributed by atoms with E-state index in [-0.39, 0.29) is 37.7 Å². The Morgan fingerprint density at radius 3 is 1.18 bits per heavy atom. The van der Waals surface area contributed by atoms with Crippen molar-refractivity contribution in [1.82, 2.24) is 0 Å². The molecule has 6 N–H and O–H groups in total. The van der Waals surface area contributed by atoms with E-state index in [1.54, 1.807) is 44.2 Å². The van der Waals surface area contributed by atoms with Crippen LogP contribution in [0.3, 0.4) is 0 Å². The average Bonchev–Trinajstić information content (AvgIpc) is 3.48. The molecule has 0 unspecified atom stereocenters. The third-order valence-electron chi connectivity index (χ3n) is 12.4. The van der Waals surface area contributed by atoms with Crippen molar-refractivity contribution in [2.75, 3.05) is 16.0 Å². The predicted molar refractivity (Wildman–Crippen MR) is 333 cm³/mol. The number of hydrogen-bond donors (Lipinski definition) is 6. The second-order valence-corrected chi connectivity index (χ2v) is 22.2. The second kappa shape index (κ2) is 28.1. The van der Waals surface area contributed by atoms with Crippen LogP contribution in [-0.4, -0.2) is 15.3 Å². The number of benzene rings is 9. The first-order chi connectivity index (χ1) is 38.1. The number of hydrogen-bond acceptors (Lipinski definition) is 9. The summed E-state index contributed by atoms with van der Waals surface area (Å²) in [5.74, 6) is 4.46. The highest BCUT2D eigenvalue weighted by Crippen LogP contribution is 2.42. The van der Waals surface area contributed by atoms with Gasteiger partial charge < -0.3 is 45.5 Å². The number of anilines is 3. The molecule has 0 amide bonds. The minimum Gasteiger partial charge on any atom is -0.504 e. The smallest absolute Gasteiger partial charge is 0.157 e. The summed E-state index contributed by atoms with van der Waals surface area (Å²) in [5.41, 5.74) is 7.92. The standard InChI is InChI=1S/C24H25Cl2NO2.C20H16Cl3NO2.C20H17Cl2NO2/c1-15-20(25)13-21(26)23(28)22(15)27-14-16-6-5-7-19(12-16)29-18-10-8-17(9-11-18)24(2,3)4;1-12-17(22)10-18(20(25)19(12)23)24-11-13-3-2-4-16(9-13)26-15-7-5-14(21)6-8-15;1-13-17(21)11-18(20(24)19(13)22)23-12-14-6-5-9-16(10-14)25-15-7-3-2-4-8-15/h5-13,27-28H,14H2,1-4H3;2-10,24-25H,11H2,1H3;2-11,23-24H,12H2,1H3. The number of ether oxygens (including phenoxy) is 3. The van der Waals surface area contributed by atoms with Crippen LogP contribution in [0.1, 0.15) is 59.7 Å². The summed E-state index contributed by atoms with van der Waals surface area (Å²) in [5, 5.41) is 43.0. The largest absolute Gasteiger partial charge is 0.504 e. The van der Waals surface area contributed by atoms with Crippen molar-refractivity contribution in [1.29, 1.82) is 0 Å². The molecule has 0 aromatic heterocycles. The highest BCUT2D eigenvalue weighted by molar-refractivity contribution is 6.38. The Morgan fingerprint density at radius 1 is 0.375 bits per heavy atom. The fourth-order valence-corrected chi connectivity index (χ4v) is 9.26. The van der Waals surface area contributed by atoms with Crippen LogP contribution in [0.2, 0.25) is 35.2 Å². The first-order valence-electron chi connectivity index (χ1n) is 25.1. The topological polar surface area (TPSA) is 124 Å². The third-order valence-corrected chi connectivity index (χ3v) is 15.1. The summed E-state index contributed by atoms with van der Waals surface area (Å²) in [6.45, 7) is 13.4. The van der Waals surface area contributed by atoms with E-state index >= 15 is 0 Å². The van der Waals surface area contributed by atoms with Crippen molar-refractivity contribution in [3.8, 4) is 51.7 Å². The lowest BCUT2D eigenvalue weighted by Crippen LogP contribution is -2.10.